The zero-order valence-electron chi connectivity index (χ0n) is 16.8. The molecule has 1 amide bonds. The van der Waals surface area contributed by atoms with Gasteiger partial charge < -0.3 is 14.8 Å². The molecule has 3 aromatic carbocycles. The summed E-state index contributed by atoms with van der Waals surface area (Å²) in [5, 5.41) is 4.08. The Labute approximate surface area is 186 Å². The highest BCUT2D eigenvalue weighted by Crippen LogP contribution is 2.26. The first-order valence-corrected chi connectivity index (χ1v) is 10.2. The largest absolute Gasteiger partial charge is 0.497 e. The van der Waals surface area contributed by atoms with Gasteiger partial charge in [-0.25, -0.2) is 0 Å². The maximum Gasteiger partial charge on any atom is 0.225 e. The summed E-state index contributed by atoms with van der Waals surface area (Å²) in [5.41, 5.74) is 2.68. The lowest BCUT2D eigenvalue weighted by Gasteiger charge is -2.20. The van der Waals surface area contributed by atoms with E-state index in [9.17, 15) is 4.79 Å². The van der Waals surface area contributed by atoms with Crippen molar-refractivity contribution in [1.29, 1.82) is 0 Å². The summed E-state index contributed by atoms with van der Waals surface area (Å²) in [6.45, 7) is 0. The molecule has 156 valence electrons. The highest BCUT2D eigenvalue weighted by atomic mass is 35.5. The number of ether oxygens (including phenoxy) is 2. The van der Waals surface area contributed by atoms with E-state index in [-0.39, 0.29) is 18.4 Å². The second-order valence-corrected chi connectivity index (χ2v) is 7.64. The average molecular weight is 444 g/mol. The Hall–Kier alpha value is -2.69. The molecule has 0 unspecified atom stereocenters. The molecule has 0 aromatic heterocycles. The van der Waals surface area contributed by atoms with Gasteiger partial charge in [-0.15, -0.1) is 0 Å². The third-order valence-electron chi connectivity index (χ3n) is 4.85. The summed E-state index contributed by atoms with van der Waals surface area (Å²) < 4.78 is 10.5. The van der Waals surface area contributed by atoms with Crippen molar-refractivity contribution in [2.45, 2.75) is 18.9 Å². The fourth-order valence-corrected chi connectivity index (χ4v) is 3.72. The van der Waals surface area contributed by atoms with Gasteiger partial charge >= 0.3 is 0 Å². The van der Waals surface area contributed by atoms with Gasteiger partial charge in [0.25, 0.3) is 0 Å². The number of carbonyl (C=O) groups excluding carboxylic acids is 1. The third-order valence-corrected chi connectivity index (χ3v) is 5.56. The highest BCUT2D eigenvalue weighted by molar-refractivity contribution is 6.36. The van der Waals surface area contributed by atoms with Crippen LogP contribution in [-0.4, -0.2) is 20.1 Å². The van der Waals surface area contributed by atoms with Crippen LogP contribution in [0, 0.1) is 0 Å². The number of halogens is 2. The number of nitrogens with one attached hydrogen (secondary N) is 1. The van der Waals surface area contributed by atoms with Gasteiger partial charge in [0.05, 0.1) is 26.7 Å². The fourth-order valence-electron chi connectivity index (χ4n) is 3.19. The van der Waals surface area contributed by atoms with Gasteiger partial charge in [-0.3, -0.25) is 4.79 Å². The number of hydrogen-bond acceptors (Lipinski definition) is 3. The molecule has 0 aliphatic carbocycles. The van der Waals surface area contributed by atoms with Gasteiger partial charge in [0.2, 0.25) is 5.91 Å². The molecule has 3 rings (SSSR count). The molecular formula is C24H23Cl2NO3. The summed E-state index contributed by atoms with van der Waals surface area (Å²) in [5.74, 6) is 1.40. The van der Waals surface area contributed by atoms with Gasteiger partial charge in [-0.1, -0.05) is 53.5 Å². The van der Waals surface area contributed by atoms with Crippen LogP contribution in [0.1, 0.15) is 22.7 Å². The molecule has 0 radical (unpaired) electrons. The van der Waals surface area contributed by atoms with Gasteiger partial charge in [-0.2, -0.15) is 0 Å². The van der Waals surface area contributed by atoms with E-state index in [0.717, 1.165) is 22.6 Å². The van der Waals surface area contributed by atoms with Gasteiger partial charge in [0.15, 0.2) is 0 Å². The van der Waals surface area contributed by atoms with Crippen molar-refractivity contribution in [2.24, 2.45) is 0 Å². The number of carbonyl (C=O) groups is 1. The van der Waals surface area contributed by atoms with E-state index in [1.807, 2.05) is 48.5 Å². The lowest BCUT2D eigenvalue weighted by molar-refractivity contribution is -0.121. The van der Waals surface area contributed by atoms with Crippen molar-refractivity contribution in [1.82, 2.24) is 5.32 Å². The second kappa shape index (κ2) is 10.4. The molecular weight excluding hydrogens is 421 g/mol. The van der Waals surface area contributed by atoms with Crippen molar-refractivity contribution in [3.63, 3.8) is 0 Å². The van der Waals surface area contributed by atoms with Crippen LogP contribution >= 0.6 is 23.2 Å². The predicted octanol–water partition coefficient (Wildman–Crippen LogP) is 5.65. The SMILES string of the molecule is COc1ccc(C[C@H](NC(=O)Cc2c(Cl)cccc2Cl)c2ccc(OC)cc2)cc1. The lowest BCUT2D eigenvalue weighted by atomic mass is 9.98. The summed E-state index contributed by atoms with van der Waals surface area (Å²) >= 11 is 12.5. The predicted molar refractivity (Wildman–Crippen MR) is 121 cm³/mol. The number of rotatable bonds is 8. The van der Waals surface area contributed by atoms with Crippen molar-refractivity contribution < 1.29 is 14.3 Å². The van der Waals surface area contributed by atoms with Crippen LogP contribution in [-0.2, 0) is 17.6 Å². The molecule has 6 heteroatoms. The minimum Gasteiger partial charge on any atom is -0.497 e. The first-order chi connectivity index (χ1) is 14.5. The maximum absolute atomic E-state index is 12.8. The van der Waals surface area contributed by atoms with E-state index in [1.165, 1.54) is 0 Å². The molecule has 1 N–H and O–H groups in total. The lowest BCUT2D eigenvalue weighted by Crippen LogP contribution is -2.31. The summed E-state index contributed by atoms with van der Waals surface area (Å²) in [7, 11) is 3.26. The third kappa shape index (κ3) is 5.68. The summed E-state index contributed by atoms with van der Waals surface area (Å²) in [6.07, 6.45) is 0.728. The smallest absolute Gasteiger partial charge is 0.225 e. The first kappa shape index (κ1) is 22.0. The molecule has 0 heterocycles. The number of hydrogen-bond donors (Lipinski definition) is 1. The highest BCUT2D eigenvalue weighted by Gasteiger charge is 2.18. The quantitative estimate of drug-likeness (QED) is 0.488. The van der Waals surface area contributed by atoms with Crippen LogP contribution in [0.3, 0.4) is 0 Å². The minimum atomic E-state index is -0.224. The van der Waals surface area contributed by atoms with Crippen LogP contribution in [0.25, 0.3) is 0 Å². The Bertz CT molecular complexity index is 968. The summed E-state index contributed by atoms with van der Waals surface area (Å²) in [4.78, 5) is 12.8. The number of amides is 1. The maximum atomic E-state index is 12.8. The molecule has 0 fully saturated rings. The van der Waals surface area contributed by atoms with Crippen molar-refractivity contribution >= 4 is 29.1 Å². The van der Waals surface area contributed by atoms with E-state index in [2.05, 4.69) is 5.32 Å². The van der Waals surface area contributed by atoms with E-state index in [4.69, 9.17) is 32.7 Å². The Kier molecular flexibility index (Phi) is 7.61. The number of methoxy groups -OCH3 is 2. The summed E-state index contributed by atoms with van der Waals surface area (Å²) in [6, 6.07) is 20.5. The zero-order chi connectivity index (χ0) is 21.5. The van der Waals surface area contributed by atoms with Crippen LogP contribution < -0.4 is 14.8 Å². The minimum absolute atomic E-state index is 0.105. The van der Waals surface area contributed by atoms with Gasteiger partial charge in [-0.05, 0) is 59.5 Å². The van der Waals surface area contributed by atoms with Crippen LogP contribution in [0.5, 0.6) is 11.5 Å². The Morgan fingerprint density at radius 2 is 1.40 bits per heavy atom. The van der Waals surface area contributed by atoms with Crippen LogP contribution in [0.4, 0.5) is 0 Å². The molecule has 0 spiro atoms. The second-order valence-electron chi connectivity index (χ2n) is 6.82. The fraction of sp³-hybridized carbons (Fsp3) is 0.208. The molecule has 30 heavy (non-hydrogen) atoms. The first-order valence-electron chi connectivity index (χ1n) is 9.49. The molecule has 0 saturated carbocycles. The Morgan fingerprint density at radius 3 is 1.93 bits per heavy atom. The van der Waals surface area contributed by atoms with Gasteiger partial charge in [0, 0.05) is 10.0 Å². The topological polar surface area (TPSA) is 47.6 Å². The Morgan fingerprint density at radius 1 is 0.867 bits per heavy atom. The van der Waals surface area contributed by atoms with Crippen LogP contribution in [0.15, 0.2) is 66.7 Å². The van der Waals surface area contributed by atoms with E-state index in [0.29, 0.717) is 22.0 Å². The molecule has 0 bridgehead atoms. The zero-order valence-corrected chi connectivity index (χ0v) is 18.3. The molecule has 0 aliphatic heterocycles. The van der Waals surface area contributed by atoms with Gasteiger partial charge in [0.1, 0.15) is 11.5 Å². The molecule has 4 nitrogen and oxygen atoms in total. The monoisotopic (exact) mass is 443 g/mol. The van der Waals surface area contributed by atoms with Crippen LogP contribution in [0.2, 0.25) is 10.0 Å². The average Bonchev–Trinajstić information content (AvgIpc) is 2.76. The standard InChI is InChI=1S/C24H23Cl2NO3/c1-29-18-10-6-16(7-11-18)14-23(17-8-12-19(30-2)13-9-17)27-24(28)15-20-21(25)4-3-5-22(20)26/h3-13,23H,14-15H2,1-2H3,(H,27,28)/t23-/m0/s1. The molecule has 0 aliphatic rings. The van der Waals surface area contributed by atoms with Crippen molar-refractivity contribution in [3.8, 4) is 11.5 Å². The number of benzene rings is 3. The normalized spacial score (nSPS) is 11.6. The van der Waals surface area contributed by atoms with E-state index in [1.54, 1.807) is 32.4 Å². The molecule has 3 aromatic rings. The molecule has 1 atom stereocenters. The Balaban J connectivity index is 1.81. The van der Waals surface area contributed by atoms with Crippen molar-refractivity contribution in [2.75, 3.05) is 14.2 Å². The van der Waals surface area contributed by atoms with E-state index >= 15 is 0 Å². The van der Waals surface area contributed by atoms with Crippen molar-refractivity contribution in [3.05, 3.63) is 93.5 Å². The molecule has 0 saturated heterocycles. The van der Waals surface area contributed by atoms with E-state index < -0.39 is 0 Å².